The first-order valence-corrected chi connectivity index (χ1v) is 4.01. The smallest absolute Gasteiger partial charge is 0.266 e. The lowest BCUT2D eigenvalue weighted by Gasteiger charge is -2.02. The van der Waals surface area contributed by atoms with Crippen molar-refractivity contribution in [3.05, 3.63) is 22.5 Å². The van der Waals surface area contributed by atoms with Gasteiger partial charge in [-0.1, -0.05) is 0 Å². The third-order valence-corrected chi connectivity index (χ3v) is 1.58. The van der Waals surface area contributed by atoms with Gasteiger partial charge in [-0.3, -0.25) is 4.79 Å². The number of nitrogens with zero attached hydrogens (tertiary/aromatic N) is 2. The number of terminal acetylenes is 1. The molecule has 1 aromatic rings. The molecule has 0 radical (unpaired) electrons. The van der Waals surface area contributed by atoms with Crippen LogP contribution >= 0.6 is 0 Å². The molecule has 0 amide bonds. The van der Waals surface area contributed by atoms with Crippen LogP contribution < -0.4 is 11.3 Å². The van der Waals surface area contributed by atoms with Crippen molar-refractivity contribution in [2.75, 3.05) is 5.73 Å². The van der Waals surface area contributed by atoms with Crippen LogP contribution in [0.1, 0.15) is 12.8 Å². The van der Waals surface area contributed by atoms with Gasteiger partial charge < -0.3 is 5.73 Å². The fourth-order valence-corrected chi connectivity index (χ4v) is 0.956. The molecule has 0 spiro atoms. The summed E-state index contributed by atoms with van der Waals surface area (Å²) in [6.07, 6.45) is 6.46. The third kappa shape index (κ3) is 2.64. The van der Waals surface area contributed by atoms with E-state index in [0.29, 0.717) is 18.8 Å². The van der Waals surface area contributed by atoms with E-state index < -0.39 is 0 Å². The minimum absolute atomic E-state index is 0.147. The molecule has 0 aliphatic rings. The van der Waals surface area contributed by atoms with Crippen LogP contribution in [0.3, 0.4) is 0 Å². The van der Waals surface area contributed by atoms with Gasteiger partial charge in [-0.25, -0.2) is 4.68 Å². The molecule has 0 bridgehead atoms. The molecular weight excluding hydrogens is 166 g/mol. The minimum Gasteiger partial charge on any atom is -0.382 e. The van der Waals surface area contributed by atoms with Gasteiger partial charge in [0.2, 0.25) is 0 Å². The molecule has 0 aliphatic carbocycles. The number of nitrogens with two attached hydrogens (primary N) is 1. The summed E-state index contributed by atoms with van der Waals surface area (Å²) in [6, 6.07) is 2.89. The maximum absolute atomic E-state index is 11.2. The van der Waals surface area contributed by atoms with Crippen LogP contribution in [-0.2, 0) is 6.54 Å². The molecule has 0 aliphatic heterocycles. The van der Waals surface area contributed by atoms with Gasteiger partial charge in [0.05, 0.1) is 0 Å². The van der Waals surface area contributed by atoms with Crippen molar-refractivity contribution < 1.29 is 0 Å². The summed E-state index contributed by atoms with van der Waals surface area (Å²) in [5.41, 5.74) is 5.27. The van der Waals surface area contributed by atoms with E-state index in [9.17, 15) is 4.79 Å². The summed E-state index contributed by atoms with van der Waals surface area (Å²) in [4.78, 5) is 11.2. The van der Waals surface area contributed by atoms with E-state index in [-0.39, 0.29) is 5.56 Å². The fraction of sp³-hybridized carbons (Fsp3) is 0.333. The molecule has 0 aromatic carbocycles. The standard InChI is InChI=1S/C9H11N3O/c1-2-3-4-7-12-9(13)6-5-8(10)11-12/h1,5-6H,3-4,7H2,(H2,10,11). The lowest BCUT2D eigenvalue weighted by Crippen LogP contribution is -2.22. The van der Waals surface area contributed by atoms with Gasteiger partial charge in [-0.2, -0.15) is 5.10 Å². The molecule has 0 saturated carbocycles. The number of rotatable bonds is 3. The van der Waals surface area contributed by atoms with Gasteiger partial charge in [-0.15, -0.1) is 12.3 Å². The molecule has 4 heteroatoms. The van der Waals surface area contributed by atoms with Gasteiger partial charge in [0.25, 0.3) is 5.56 Å². The largest absolute Gasteiger partial charge is 0.382 e. The number of hydrogen-bond acceptors (Lipinski definition) is 3. The Bertz CT molecular complexity index is 375. The number of anilines is 1. The van der Waals surface area contributed by atoms with Crippen molar-refractivity contribution in [3.8, 4) is 12.3 Å². The molecule has 1 rings (SSSR count). The monoisotopic (exact) mass is 177 g/mol. The highest BCUT2D eigenvalue weighted by atomic mass is 16.1. The zero-order valence-corrected chi connectivity index (χ0v) is 7.23. The Morgan fingerprint density at radius 3 is 3.08 bits per heavy atom. The highest BCUT2D eigenvalue weighted by molar-refractivity contribution is 5.23. The molecule has 0 saturated heterocycles. The molecule has 13 heavy (non-hydrogen) atoms. The van der Waals surface area contributed by atoms with Crippen molar-refractivity contribution in [2.24, 2.45) is 0 Å². The van der Waals surface area contributed by atoms with Gasteiger partial charge in [0.15, 0.2) is 0 Å². The van der Waals surface area contributed by atoms with Gasteiger partial charge in [0, 0.05) is 19.0 Å². The van der Waals surface area contributed by atoms with E-state index in [1.165, 1.54) is 16.8 Å². The molecule has 0 unspecified atom stereocenters. The van der Waals surface area contributed by atoms with Crippen molar-refractivity contribution in [1.29, 1.82) is 0 Å². The Morgan fingerprint density at radius 1 is 1.62 bits per heavy atom. The van der Waals surface area contributed by atoms with Crippen LogP contribution in [-0.4, -0.2) is 9.78 Å². The second-order valence-electron chi connectivity index (χ2n) is 2.63. The molecule has 4 nitrogen and oxygen atoms in total. The van der Waals surface area contributed by atoms with Gasteiger partial charge in [-0.05, 0) is 12.5 Å². The van der Waals surface area contributed by atoms with Crippen molar-refractivity contribution in [2.45, 2.75) is 19.4 Å². The second-order valence-corrected chi connectivity index (χ2v) is 2.63. The molecule has 0 atom stereocenters. The van der Waals surface area contributed by atoms with Crippen LogP contribution in [0.5, 0.6) is 0 Å². The van der Waals surface area contributed by atoms with Crippen molar-refractivity contribution in [3.63, 3.8) is 0 Å². The number of hydrogen-bond donors (Lipinski definition) is 1. The Morgan fingerprint density at radius 2 is 2.38 bits per heavy atom. The Kier molecular flexibility index (Phi) is 3.09. The molecule has 68 valence electrons. The van der Waals surface area contributed by atoms with Crippen LogP contribution in [0.25, 0.3) is 0 Å². The number of nitrogen functional groups attached to an aromatic ring is 1. The van der Waals surface area contributed by atoms with Crippen LogP contribution in [0.15, 0.2) is 16.9 Å². The van der Waals surface area contributed by atoms with Crippen LogP contribution in [0.2, 0.25) is 0 Å². The maximum Gasteiger partial charge on any atom is 0.266 e. The summed E-state index contributed by atoms with van der Waals surface area (Å²) in [5, 5.41) is 3.86. The third-order valence-electron chi connectivity index (χ3n) is 1.58. The van der Waals surface area contributed by atoms with E-state index in [0.717, 1.165) is 6.42 Å². The quantitative estimate of drug-likeness (QED) is 0.531. The van der Waals surface area contributed by atoms with Crippen molar-refractivity contribution in [1.82, 2.24) is 9.78 Å². The zero-order chi connectivity index (χ0) is 9.68. The number of aryl methyl sites for hydroxylation is 1. The predicted molar refractivity (Wildman–Crippen MR) is 51.0 cm³/mol. The molecule has 1 aromatic heterocycles. The van der Waals surface area contributed by atoms with E-state index in [1.54, 1.807) is 0 Å². The topological polar surface area (TPSA) is 60.9 Å². The fourth-order valence-electron chi connectivity index (χ4n) is 0.956. The Balaban J connectivity index is 2.71. The first-order valence-electron chi connectivity index (χ1n) is 4.01. The van der Waals surface area contributed by atoms with Crippen LogP contribution in [0, 0.1) is 12.3 Å². The Labute approximate surface area is 76.4 Å². The lowest BCUT2D eigenvalue weighted by molar-refractivity contribution is 0.558. The second kappa shape index (κ2) is 4.31. The molecule has 2 N–H and O–H groups in total. The normalized spacial score (nSPS) is 9.46. The van der Waals surface area contributed by atoms with Gasteiger partial charge in [0.1, 0.15) is 5.82 Å². The van der Waals surface area contributed by atoms with Crippen molar-refractivity contribution >= 4 is 5.82 Å². The summed E-state index contributed by atoms with van der Waals surface area (Å²) in [7, 11) is 0. The first kappa shape index (κ1) is 9.33. The number of aromatic nitrogens is 2. The summed E-state index contributed by atoms with van der Waals surface area (Å²) < 4.78 is 1.33. The molecule has 0 fully saturated rings. The Hall–Kier alpha value is -1.76. The first-order chi connectivity index (χ1) is 6.24. The highest BCUT2D eigenvalue weighted by Crippen LogP contribution is 1.92. The summed E-state index contributed by atoms with van der Waals surface area (Å²) in [6.45, 7) is 0.522. The average Bonchev–Trinajstić information content (AvgIpc) is 2.11. The summed E-state index contributed by atoms with van der Waals surface area (Å²) >= 11 is 0. The van der Waals surface area contributed by atoms with E-state index in [1.807, 2.05) is 0 Å². The predicted octanol–water partition coefficient (Wildman–Crippen LogP) is 0.239. The maximum atomic E-state index is 11.2. The number of unbranched alkanes of at least 4 members (excludes halogenated alkanes) is 1. The zero-order valence-electron chi connectivity index (χ0n) is 7.23. The molecule has 1 heterocycles. The van der Waals surface area contributed by atoms with Crippen LogP contribution in [0.4, 0.5) is 5.82 Å². The van der Waals surface area contributed by atoms with Gasteiger partial charge >= 0.3 is 0 Å². The SMILES string of the molecule is C#CCCCn1nc(N)ccc1=O. The lowest BCUT2D eigenvalue weighted by atomic mass is 10.3. The average molecular weight is 177 g/mol. The minimum atomic E-state index is -0.147. The molecular formula is C9H11N3O. The van der Waals surface area contributed by atoms with E-state index in [4.69, 9.17) is 12.2 Å². The summed E-state index contributed by atoms with van der Waals surface area (Å²) in [5.74, 6) is 2.85. The van der Waals surface area contributed by atoms with E-state index >= 15 is 0 Å². The van der Waals surface area contributed by atoms with E-state index in [2.05, 4.69) is 11.0 Å². The highest BCUT2D eigenvalue weighted by Gasteiger charge is 1.96.